The number of benzene rings is 2. The minimum atomic E-state index is -3.82. The lowest BCUT2D eigenvalue weighted by molar-refractivity contribution is -0.142. The fraction of sp³-hybridized carbons (Fsp3) is 0.568. The van der Waals surface area contributed by atoms with Crippen molar-refractivity contribution in [1.29, 1.82) is 0 Å². The molecule has 5 atom stereocenters. The zero-order valence-corrected chi connectivity index (χ0v) is 28.7. The van der Waals surface area contributed by atoms with Crippen molar-refractivity contribution < 1.29 is 22.7 Å². The molecular formula is C37H46N4O5S. The summed E-state index contributed by atoms with van der Waals surface area (Å²) in [5, 5.41) is 0.380. The molecule has 10 heteroatoms. The van der Waals surface area contributed by atoms with E-state index in [2.05, 4.69) is 38.3 Å². The van der Waals surface area contributed by atoms with Crippen molar-refractivity contribution in [1.82, 2.24) is 19.1 Å². The molecule has 9 nitrogen and oxygen atoms in total. The summed E-state index contributed by atoms with van der Waals surface area (Å²) in [5.41, 5.74) is 5.02. The number of hydrogen-bond acceptors (Lipinski definition) is 6. The standard InChI is InChI=1S/C37H46N4O5S/c1-5-22(2)47(44,45)38-35(42)24-11-15-29-32(17-24)41-34(33(29)23-9-7-6-8-10-23)28-16-14-27(46-4)18-30(28)31-19-37(31,41)36(43)40-25-12-13-26(40)21-39(3)20-25/h11,14-18,22-23,25-26,31H,5-10,12-13,19-21H2,1-4H3,(H,38,42)/t22-,25?,26?,31?,37-/m1/s1. The monoisotopic (exact) mass is 658 g/mol. The lowest BCUT2D eigenvalue weighted by Crippen LogP contribution is -2.58. The van der Waals surface area contributed by atoms with E-state index in [1.807, 2.05) is 18.2 Å². The predicted octanol–water partition coefficient (Wildman–Crippen LogP) is 5.72. The van der Waals surface area contributed by atoms with Crippen molar-refractivity contribution in [2.24, 2.45) is 0 Å². The molecule has 4 heterocycles. The molecule has 3 aromatic rings. The van der Waals surface area contributed by atoms with E-state index in [1.54, 1.807) is 27.0 Å². The number of nitrogens with zero attached hydrogens (tertiary/aromatic N) is 3. The molecule has 250 valence electrons. The first-order chi connectivity index (χ1) is 22.6. The lowest BCUT2D eigenvalue weighted by atomic mass is 9.80. The summed E-state index contributed by atoms with van der Waals surface area (Å²) in [7, 11) is 0.0178. The maximum absolute atomic E-state index is 15.3. The fourth-order valence-electron chi connectivity index (χ4n) is 9.49. The van der Waals surface area contributed by atoms with Crippen LogP contribution in [0.1, 0.15) is 105 Å². The zero-order valence-electron chi connectivity index (χ0n) is 27.9. The lowest BCUT2D eigenvalue weighted by Gasteiger charge is -2.43. The number of nitrogens with one attached hydrogen (secondary N) is 1. The first kappa shape index (κ1) is 30.9. The van der Waals surface area contributed by atoms with Crippen LogP contribution in [0.15, 0.2) is 36.4 Å². The van der Waals surface area contributed by atoms with E-state index in [9.17, 15) is 13.2 Å². The van der Waals surface area contributed by atoms with Crippen molar-refractivity contribution in [2.45, 2.75) is 106 Å². The molecule has 8 rings (SSSR count). The van der Waals surface area contributed by atoms with Gasteiger partial charge in [-0.3, -0.25) is 9.59 Å². The van der Waals surface area contributed by atoms with E-state index in [0.29, 0.717) is 24.3 Å². The van der Waals surface area contributed by atoms with E-state index < -0.39 is 26.7 Å². The average molecular weight is 659 g/mol. The molecule has 2 aliphatic carbocycles. The van der Waals surface area contributed by atoms with Gasteiger partial charge in [-0.05, 0) is 99.9 Å². The topological polar surface area (TPSA) is 101 Å². The number of fused-ring (bicyclic) bond motifs is 10. The van der Waals surface area contributed by atoms with Gasteiger partial charge in [-0.25, -0.2) is 13.1 Å². The van der Waals surface area contributed by atoms with Crippen LogP contribution in [0.5, 0.6) is 5.75 Å². The number of likely N-dealkylation sites (N-methyl/N-ethyl adjacent to an activating group) is 1. The largest absolute Gasteiger partial charge is 0.497 e. The number of piperazine rings is 1. The van der Waals surface area contributed by atoms with Crippen LogP contribution in [0, 0.1) is 0 Å². The van der Waals surface area contributed by atoms with Crippen molar-refractivity contribution >= 4 is 32.7 Å². The molecule has 2 aromatic carbocycles. The Kier molecular flexibility index (Phi) is 7.30. The molecule has 2 bridgehead atoms. The number of carbonyl (C=O) groups excluding carboxylic acids is 2. The van der Waals surface area contributed by atoms with Crippen LogP contribution in [-0.2, 0) is 20.4 Å². The van der Waals surface area contributed by atoms with E-state index in [0.717, 1.165) is 79.5 Å². The molecule has 3 unspecified atom stereocenters. The summed E-state index contributed by atoms with van der Waals surface area (Å²) in [5.74, 6) is 0.684. The fourth-order valence-corrected chi connectivity index (χ4v) is 10.5. The summed E-state index contributed by atoms with van der Waals surface area (Å²) in [4.78, 5) is 33.4. The summed E-state index contributed by atoms with van der Waals surface area (Å²) in [6.07, 6.45) is 8.86. The Bertz CT molecular complexity index is 1880. The number of aromatic nitrogens is 1. The van der Waals surface area contributed by atoms with Crippen LogP contribution in [-0.4, -0.2) is 79.2 Å². The summed E-state index contributed by atoms with van der Waals surface area (Å²) < 4.78 is 36.2. The van der Waals surface area contributed by atoms with Gasteiger partial charge in [0.15, 0.2) is 0 Å². The molecule has 1 aromatic heterocycles. The van der Waals surface area contributed by atoms with Crippen molar-refractivity contribution in [3.05, 3.63) is 53.1 Å². The van der Waals surface area contributed by atoms with E-state index in [-0.39, 0.29) is 23.9 Å². The first-order valence-electron chi connectivity index (χ1n) is 17.5. The molecule has 4 fully saturated rings. The highest BCUT2D eigenvalue weighted by Crippen LogP contribution is 2.67. The van der Waals surface area contributed by atoms with Gasteiger partial charge in [0.05, 0.1) is 23.6 Å². The van der Waals surface area contributed by atoms with Gasteiger partial charge in [-0.1, -0.05) is 32.3 Å². The second kappa shape index (κ2) is 11.1. The van der Waals surface area contributed by atoms with Gasteiger partial charge >= 0.3 is 0 Å². The quantitative estimate of drug-likeness (QED) is 0.349. The van der Waals surface area contributed by atoms with Gasteiger partial charge in [-0.2, -0.15) is 0 Å². The number of sulfonamides is 1. The van der Waals surface area contributed by atoms with Gasteiger partial charge in [0.25, 0.3) is 5.91 Å². The smallest absolute Gasteiger partial charge is 0.264 e. The summed E-state index contributed by atoms with van der Waals surface area (Å²) in [6.45, 7) is 5.17. The highest BCUT2D eigenvalue weighted by atomic mass is 32.2. The Morgan fingerprint density at radius 1 is 1.02 bits per heavy atom. The second-order valence-electron chi connectivity index (χ2n) is 14.8. The number of carbonyl (C=O) groups is 2. The van der Waals surface area contributed by atoms with Crippen LogP contribution in [0.2, 0.25) is 0 Å². The number of hydrogen-bond donors (Lipinski definition) is 1. The second-order valence-corrected chi connectivity index (χ2v) is 16.9. The highest BCUT2D eigenvalue weighted by molar-refractivity contribution is 7.90. The number of ether oxygens (including phenoxy) is 1. The van der Waals surface area contributed by atoms with Gasteiger partial charge in [0.2, 0.25) is 15.9 Å². The number of rotatable bonds is 7. The molecule has 0 spiro atoms. The van der Waals surface area contributed by atoms with Crippen molar-refractivity contribution in [3.63, 3.8) is 0 Å². The van der Waals surface area contributed by atoms with Gasteiger partial charge in [0.1, 0.15) is 11.3 Å². The molecule has 3 aliphatic heterocycles. The Balaban J connectivity index is 1.35. The normalized spacial score (nSPS) is 27.6. The Labute approximate surface area is 277 Å². The van der Waals surface area contributed by atoms with Gasteiger partial charge in [0, 0.05) is 47.6 Å². The highest BCUT2D eigenvalue weighted by Gasteiger charge is 2.68. The van der Waals surface area contributed by atoms with Crippen LogP contribution in [0.4, 0.5) is 0 Å². The minimum absolute atomic E-state index is 0.00951. The Morgan fingerprint density at radius 3 is 2.43 bits per heavy atom. The molecule has 2 amide bonds. The molecule has 0 radical (unpaired) electrons. The third kappa shape index (κ3) is 4.60. The number of amides is 2. The minimum Gasteiger partial charge on any atom is -0.497 e. The Morgan fingerprint density at radius 2 is 1.74 bits per heavy atom. The van der Waals surface area contributed by atoms with Crippen LogP contribution < -0.4 is 9.46 Å². The van der Waals surface area contributed by atoms with Crippen molar-refractivity contribution in [3.8, 4) is 17.0 Å². The maximum Gasteiger partial charge on any atom is 0.264 e. The zero-order chi connectivity index (χ0) is 32.8. The van der Waals surface area contributed by atoms with Crippen LogP contribution >= 0.6 is 0 Å². The molecule has 2 saturated carbocycles. The Hall–Kier alpha value is -3.37. The molecule has 2 saturated heterocycles. The predicted molar refractivity (Wildman–Crippen MR) is 182 cm³/mol. The van der Waals surface area contributed by atoms with Crippen LogP contribution in [0.25, 0.3) is 22.2 Å². The molecule has 47 heavy (non-hydrogen) atoms. The van der Waals surface area contributed by atoms with Gasteiger partial charge in [-0.15, -0.1) is 0 Å². The van der Waals surface area contributed by atoms with Gasteiger partial charge < -0.3 is 19.1 Å². The molecule has 5 aliphatic rings. The molecule has 1 N–H and O–H groups in total. The molecular weight excluding hydrogens is 612 g/mol. The number of likely N-dealkylation sites (tertiary alicyclic amines) is 1. The first-order valence-corrected chi connectivity index (χ1v) is 19.1. The summed E-state index contributed by atoms with van der Waals surface area (Å²) >= 11 is 0. The number of methoxy groups -OCH3 is 1. The maximum atomic E-state index is 15.3. The summed E-state index contributed by atoms with van der Waals surface area (Å²) in [6, 6.07) is 12.3. The van der Waals surface area contributed by atoms with E-state index >= 15 is 4.79 Å². The van der Waals surface area contributed by atoms with Crippen LogP contribution in [0.3, 0.4) is 0 Å². The average Bonchev–Trinajstić information content (AvgIpc) is 3.66. The third-order valence-electron chi connectivity index (χ3n) is 12.1. The van der Waals surface area contributed by atoms with E-state index in [4.69, 9.17) is 4.74 Å². The van der Waals surface area contributed by atoms with E-state index in [1.165, 1.54) is 17.5 Å². The van der Waals surface area contributed by atoms with Crippen molar-refractivity contribution in [2.75, 3.05) is 27.2 Å². The SMILES string of the molecule is CC[C@@H](C)S(=O)(=O)NC(=O)c1ccc2c(C3CCCCC3)c3n(c2c1)[C@]1(C(=O)N2C4CCC2CN(C)C4)CC1c1cc(OC)ccc1-3. The third-order valence-corrected chi connectivity index (χ3v) is 14.0.